The first kappa shape index (κ1) is 23.6. The van der Waals surface area contributed by atoms with Crippen LogP contribution >= 0.6 is 11.8 Å². The van der Waals surface area contributed by atoms with Gasteiger partial charge in [0.15, 0.2) is 0 Å². The molecule has 1 aliphatic heterocycles. The second kappa shape index (κ2) is 9.24. The molecule has 2 heteroatoms. The molecule has 1 aromatic heterocycles. The maximum Gasteiger partial charge on any atom is 0.0619 e. The zero-order valence-corrected chi connectivity index (χ0v) is 23.6. The summed E-state index contributed by atoms with van der Waals surface area (Å²) in [5, 5.41) is 5.21. The smallest absolute Gasteiger partial charge is 0.0619 e. The molecule has 7 aromatic carbocycles. The van der Waals surface area contributed by atoms with Gasteiger partial charge in [0.05, 0.1) is 11.0 Å². The molecule has 0 saturated carbocycles. The number of hydrogen-bond donors (Lipinski definition) is 0. The van der Waals surface area contributed by atoms with E-state index in [1.807, 2.05) is 11.8 Å². The van der Waals surface area contributed by atoms with Gasteiger partial charge in [-0.15, -0.1) is 0 Å². The average Bonchev–Trinajstić information content (AvgIpc) is 3.40. The molecule has 9 rings (SSSR count). The highest BCUT2D eigenvalue weighted by atomic mass is 32.2. The van der Waals surface area contributed by atoms with E-state index in [2.05, 4.69) is 156 Å². The highest BCUT2D eigenvalue weighted by Crippen LogP contribution is 2.49. The Kier molecular flexibility index (Phi) is 5.20. The number of hydrogen-bond acceptors (Lipinski definition) is 1. The minimum atomic E-state index is 1.17. The van der Waals surface area contributed by atoms with Gasteiger partial charge in [0.25, 0.3) is 0 Å². The fraction of sp³-hybridized carbons (Fsp3) is 0. The topological polar surface area (TPSA) is 4.93 Å². The van der Waals surface area contributed by atoms with E-state index < -0.39 is 0 Å². The minimum Gasteiger partial charge on any atom is -0.309 e. The van der Waals surface area contributed by atoms with Crippen LogP contribution in [0.4, 0.5) is 0 Å². The summed E-state index contributed by atoms with van der Waals surface area (Å²) in [6.45, 7) is 0. The lowest BCUT2D eigenvalue weighted by molar-refractivity contribution is 1.18. The minimum absolute atomic E-state index is 1.17. The Balaban J connectivity index is 1.24. The molecule has 0 spiro atoms. The lowest BCUT2D eigenvalue weighted by Crippen LogP contribution is -1.95. The highest BCUT2D eigenvalue weighted by molar-refractivity contribution is 7.99. The quantitative estimate of drug-likeness (QED) is 0.211. The lowest BCUT2D eigenvalue weighted by Gasteiger charge is -2.21. The molecule has 42 heavy (non-hydrogen) atoms. The van der Waals surface area contributed by atoms with Crippen LogP contribution in [-0.4, -0.2) is 4.57 Å². The zero-order chi connectivity index (χ0) is 27.6. The summed E-state index contributed by atoms with van der Waals surface area (Å²) < 4.78 is 2.42. The molecule has 196 valence electrons. The van der Waals surface area contributed by atoms with E-state index in [-0.39, 0.29) is 0 Å². The van der Waals surface area contributed by atoms with Crippen molar-refractivity contribution in [2.45, 2.75) is 9.79 Å². The second-order valence-corrected chi connectivity index (χ2v) is 12.0. The van der Waals surface area contributed by atoms with Gasteiger partial charge in [0.1, 0.15) is 0 Å². The second-order valence-electron chi connectivity index (χ2n) is 10.9. The van der Waals surface area contributed by atoms with Gasteiger partial charge in [-0.25, -0.2) is 0 Å². The van der Waals surface area contributed by atoms with Crippen molar-refractivity contribution in [2.24, 2.45) is 0 Å². The fourth-order valence-corrected chi connectivity index (χ4v) is 7.83. The third-order valence-electron chi connectivity index (χ3n) is 8.57. The number of fused-ring (bicyclic) bond motifs is 5. The highest BCUT2D eigenvalue weighted by Gasteiger charge is 2.20. The number of aromatic nitrogens is 1. The van der Waals surface area contributed by atoms with Gasteiger partial charge in [0.2, 0.25) is 0 Å². The molecule has 0 atom stereocenters. The SMILES string of the molecule is c1ccc(-n2c3ccccc3c3cccc(-c4cccc(-c5ccc6c(c5)-c5cccc7cccc(c57)S6)c4)c32)cc1. The third kappa shape index (κ3) is 3.52. The first-order valence-electron chi connectivity index (χ1n) is 14.4. The Morgan fingerprint density at radius 2 is 1.14 bits per heavy atom. The Morgan fingerprint density at radius 3 is 2.07 bits per heavy atom. The van der Waals surface area contributed by atoms with Gasteiger partial charge in [-0.2, -0.15) is 0 Å². The maximum atomic E-state index is 2.42. The largest absolute Gasteiger partial charge is 0.309 e. The molecule has 0 bridgehead atoms. The van der Waals surface area contributed by atoms with Gasteiger partial charge in [0, 0.05) is 37.2 Å². The summed E-state index contributed by atoms with van der Waals surface area (Å²) in [7, 11) is 0. The predicted octanol–water partition coefficient (Wildman–Crippen LogP) is 11.4. The Bertz CT molecular complexity index is 2320. The summed E-state index contributed by atoms with van der Waals surface area (Å²) in [5.41, 5.74) is 11.2. The van der Waals surface area contributed by atoms with Gasteiger partial charge >= 0.3 is 0 Å². The Labute approximate surface area is 248 Å². The monoisotopic (exact) mass is 551 g/mol. The number of benzene rings is 7. The van der Waals surface area contributed by atoms with Gasteiger partial charge < -0.3 is 4.57 Å². The Morgan fingerprint density at radius 1 is 0.429 bits per heavy atom. The van der Waals surface area contributed by atoms with E-state index in [1.165, 1.54) is 81.4 Å². The van der Waals surface area contributed by atoms with Crippen molar-refractivity contribution in [1.29, 1.82) is 0 Å². The summed E-state index contributed by atoms with van der Waals surface area (Å²) >= 11 is 1.88. The number of rotatable bonds is 3. The van der Waals surface area contributed by atoms with Crippen LogP contribution in [0.15, 0.2) is 161 Å². The molecular formula is C40H25NS. The maximum absolute atomic E-state index is 2.42. The molecule has 2 heterocycles. The normalized spacial score (nSPS) is 12.2. The van der Waals surface area contributed by atoms with Crippen LogP contribution in [0.2, 0.25) is 0 Å². The van der Waals surface area contributed by atoms with Crippen molar-refractivity contribution in [2.75, 3.05) is 0 Å². The average molecular weight is 552 g/mol. The van der Waals surface area contributed by atoms with Crippen LogP contribution in [0.3, 0.4) is 0 Å². The molecule has 0 N–H and O–H groups in total. The summed E-state index contributed by atoms with van der Waals surface area (Å²) in [4.78, 5) is 2.66. The van der Waals surface area contributed by atoms with Gasteiger partial charge in [-0.1, -0.05) is 121 Å². The van der Waals surface area contributed by atoms with Crippen molar-refractivity contribution in [3.05, 3.63) is 152 Å². The standard InChI is InChI=1S/C40H25NS/c1-2-14-30(15-3-1)41-36-20-5-4-16-32(36)34-19-9-17-31(40(34)41)29-13-6-12-27(24-29)28-22-23-37-35(25-28)33-18-7-10-26-11-8-21-38(42-37)39(26)33/h1-25H. The molecule has 0 radical (unpaired) electrons. The molecule has 8 aromatic rings. The molecule has 1 nitrogen and oxygen atoms in total. The first-order chi connectivity index (χ1) is 20.8. The fourth-order valence-electron chi connectivity index (χ4n) is 6.71. The lowest BCUT2D eigenvalue weighted by atomic mass is 9.93. The van der Waals surface area contributed by atoms with E-state index in [0.717, 1.165) is 0 Å². The van der Waals surface area contributed by atoms with Crippen LogP contribution in [0.25, 0.3) is 71.6 Å². The predicted molar refractivity (Wildman–Crippen MR) is 179 cm³/mol. The van der Waals surface area contributed by atoms with E-state index in [0.29, 0.717) is 0 Å². The van der Waals surface area contributed by atoms with Crippen LogP contribution in [0.1, 0.15) is 0 Å². The van der Waals surface area contributed by atoms with Crippen LogP contribution < -0.4 is 0 Å². The van der Waals surface area contributed by atoms with Crippen molar-refractivity contribution >= 4 is 44.3 Å². The molecule has 0 saturated heterocycles. The van der Waals surface area contributed by atoms with Gasteiger partial charge in [-0.05, 0) is 75.7 Å². The van der Waals surface area contributed by atoms with Crippen LogP contribution in [0.5, 0.6) is 0 Å². The zero-order valence-electron chi connectivity index (χ0n) is 22.8. The van der Waals surface area contributed by atoms with Crippen molar-refractivity contribution < 1.29 is 0 Å². The van der Waals surface area contributed by atoms with E-state index in [4.69, 9.17) is 0 Å². The molecule has 0 fully saturated rings. The number of para-hydroxylation sites is 3. The molecule has 0 amide bonds. The molecule has 0 unspecified atom stereocenters. The Hall–Kier alpha value is -5.05. The molecule has 0 aliphatic carbocycles. The summed E-state index contributed by atoms with van der Waals surface area (Å²) in [6, 6.07) is 55.5. The van der Waals surface area contributed by atoms with Crippen molar-refractivity contribution in [3.8, 4) is 39.1 Å². The summed E-state index contributed by atoms with van der Waals surface area (Å²) in [6.07, 6.45) is 0. The van der Waals surface area contributed by atoms with E-state index in [1.54, 1.807) is 0 Å². The molecule has 1 aliphatic rings. The van der Waals surface area contributed by atoms with Crippen LogP contribution in [0, 0.1) is 0 Å². The van der Waals surface area contributed by atoms with Crippen molar-refractivity contribution in [1.82, 2.24) is 4.57 Å². The van der Waals surface area contributed by atoms with Crippen LogP contribution in [-0.2, 0) is 0 Å². The van der Waals surface area contributed by atoms with E-state index >= 15 is 0 Å². The third-order valence-corrected chi connectivity index (χ3v) is 9.71. The molecular weight excluding hydrogens is 527 g/mol. The summed E-state index contributed by atoms with van der Waals surface area (Å²) in [5.74, 6) is 0. The van der Waals surface area contributed by atoms with E-state index in [9.17, 15) is 0 Å². The van der Waals surface area contributed by atoms with Crippen molar-refractivity contribution in [3.63, 3.8) is 0 Å². The number of nitrogens with zero attached hydrogens (tertiary/aromatic N) is 1. The van der Waals surface area contributed by atoms with Gasteiger partial charge in [-0.3, -0.25) is 0 Å². The first-order valence-corrected chi connectivity index (χ1v) is 15.2.